The third kappa shape index (κ3) is 2.20. The van der Waals surface area contributed by atoms with Gasteiger partial charge in [-0.15, -0.1) is 0 Å². The first-order valence-electron chi connectivity index (χ1n) is 5.22. The number of nitrogen functional groups attached to an aromatic ring is 1. The van der Waals surface area contributed by atoms with Crippen molar-refractivity contribution in [3.05, 3.63) is 59.4 Å². The highest BCUT2D eigenvalue weighted by Gasteiger charge is 2.10. The second-order valence-electron chi connectivity index (χ2n) is 3.70. The molecule has 18 heavy (non-hydrogen) atoms. The van der Waals surface area contributed by atoms with Crippen LogP contribution in [0.15, 0.2) is 42.6 Å². The number of anilines is 1. The first-order chi connectivity index (χ1) is 8.59. The predicted octanol–water partition coefficient (Wildman–Crippen LogP) is 1.78. The fourth-order valence-electron chi connectivity index (χ4n) is 1.53. The fraction of sp³-hybridized carbons (Fsp3) is 0. The Morgan fingerprint density at radius 2 is 1.94 bits per heavy atom. The standard InChI is InChI=1S/C13H11N3O2/c14-10-4-2-1-3-9(10)12(15)11-6-5-8(7-16-11)13(17)18/h1-7,15H,14H2,(H,17,18). The quantitative estimate of drug-likeness (QED) is 0.563. The largest absolute Gasteiger partial charge is 0.478 e. The maximum absolute atomic E-state index is 10.7. The molecular formula is C13H11N3O2. The van der Waals surface area contributed by atoms with Crippen molar-refractivity contribution in [1.82, 2.24) is 4.98 Å². The van der Waals surface area contributed by atoms with E-state index in [4.69, 9.17) is 16.2 Å². The van der Waals surface area contributed by atoms with Gasteiger partial charge >= 0.3 is 5.97 Å². The molecule has 0 aliphatic rings. The molecule has 0 saturated heterocycles. The Kier molecular flexibility index (Phi) is 3.05. The Bertz CT molecular complexity index is 606. The molecule has 0 unspecified atom stereocenters. The second-order valence-corrected chi connectivity index (χ2v) is 3.70. The lowest BCUT2D eigenvalue weighted by Gasteiger charge is -2.06. The first-order valence-corrected chi connectivity index (χ1v) is 5.22. The topological polar surface area (TPSA) is 100 Å². The van der Waals surface area contributed by atoms with Crippen molar-refractivity contribution in [1.29, 1.82) is 5.41 Å². The van der Waals surface area contributed by atoms with Crippen LogP contribution in [0.1, 0.15) is 21.6 Å². The Morgan fingerprint density at radius 3 is 2.50 bits per heavy atom. The number of nitrogens with two attached hydrogens (primary N) is 1. The summed E-state index contributed by atoms with van der Waals surface area (Å²) >= 11 is 0. The van der Waals surface area contributed by atoms with Crippen LogP contribution in [-0.4, -0.2) is 21.8 Å². The number of aromatic carboxylic acids is 1. The molecule has 0 saturated carbocycles. The summed E-state index contributed by atoms with van der Waals surface area (Å²) in [6.07, 6.45) is 1.23. The summed E-state index contributed by atoms with van der Waals surface area (Å²) in [4.78, 5) is 14.6. The molecule has 0 radical (unpaired) electrons. The molecule has 5 heteroatoms. The van der Waals surface area contributed by atoms with E-state index < -0.39 is 5.97 Å². The van der Waals surface area contributed by atoms with Crippen molar-refractivity contribution in [3.63, 3.8) is 0 Å². The van der Waals surface area contributed by atoms with Gasteiger partial charge in [0.1, 0.15) is 0 Å². The van der Waals surface area contributed by atoms with E-state index in [1.807, 2.05) is 0 Å². The van der Waals surface area contributed by atoms with Crippen LogP contribution >= 0.6 is 0 Å². The fourth-order valence-corrected chi connectivity index (χ4v) is 1.53. The Morgan fingerprint density at radius 1 is 1.22 bits per heavy atom. The van der Waals surface area contributed by atoms with Gasteiger partial charge in [-0.25, -0.2) is 4.79 Å². The molecule has 90 valence electrons. The van der Waals surface area contributed by atoms with Gasteiger partial charge in [-0.2, -0.15) is 0 Å². The molecular weight excluding hydrogens is 230 g/mol. The van der Waals surface area contributed by atoms with Crippen LogP contribution in [0.4, 0.5) is 5.69 Å². The molecule has 0 aliphatic heterocycles. The van der Waals surface area contributed by atoms with Crippen molar-refractivity contribution in [2.75, 3.05) is 5.73 Å². The van der Waals surface area contributed by atoms with E-state index in [0.29, 0.717) is 16.9 Å². The molecule has 1 heterocycles. The number of nitrogens with one attached hydrogen (secondary N) is 1. The van der Waals surface area contributed by atoms with Crippen LogP contribution in [-0.2, 0) is 0 Å². The monoisotopic (exact) mass is 241 g/mol. The predicted molar refractivity (Wildman–Crippen MR) is 68.0 cm³/mol. The molecule has 0 fully saturated rings. The summed E-state index contributed by atoms with van der Waals surface area (Å²) in [5, 5.41) is 16.8. The van der Waals surface area contributed by atoms with E-state index >= 15 is 0 Å². The third-order valence-electron chi connectivity index (χ3n) is 2.50. The maximum atomic E-state index is 10.7. The Hall–Kier alpha value is -2.69. The summed E-state index contributed by atoms with van der Waals surface area (Å²) in [5.74, 6) is -1.04. The zero-order chi connectivity index (χ0) is 13.1. The van der Waals surface area contributed by atoms with Gasteiger partial charge in [-0.3, -0.25) is 10.4 Å². The maximum Gasteiger partial charge on any atom is 0.337 e. The van der Waals surface area contributed by atoms with Gasteiger partial charge in [0, 0.05) is 17.4 Å². The number of nitrogens with zero attached hydrogens (tertiary/aromatic N) is 1. The van der Waals surface area contributed by atoms with Crippen LogP contribution in [0.3, 0.4) is 0 Å². The first kappa shape index (κ1) is 11.8. The van der Waals surface area contributed by atoms with Gasteiger partial charge in [-0.1, -0.05) is 18.2 Å². The van der Waals surface area contributed by atoms with E-state index in [0.717, 1.165) is 0 Å². The number of aromatic nitrogens is 1. The number of rotatable bonds is 3. The average molecular weight is 241 g/mol. The molecule has 1 aromatic carbocycles. The molecule has 0 atom stereocenters. The minimum absolute atomic E-state index is 0.0904. The molecule has 0 spiro atoms. The van der Waals surface area contributed by atoms with Crippen LogP contribution in [0, 0.1) is 5.41 Å². The van der Waals surface area contributed by atoms with E-state index in [1.54, 1.807) is 24.3 Å². The number of para-hydroxylation sites is 1. The lowest BCUT2D eigenvalue weighted by molar-refractivity contribution is 0.0696. The van der Waals surface area contributed by atoms with Gasteiger partial charge < -0.3 is 10.8 Å². The number of benzene rings is 1. The number of carboxylic acid groups (broad SMARTS) is 1. The molecule has 2 aromatic rings. The smallest absolute Gasteiger partial charge is 0.337 e. The number of carbonyl (C=O) groups is 1. The highest BCUT2D eigenvalue weighted by atomic mass is 16.4. The van der Waals surface area contributed by atoms with Crippen molar-refractivity contribution >= 4 is 17.4 Å². The molecule has 0 amide bonds. The van der Waals surface area contributed by atoms with Crippen molar-refractivity contribution in [3.8, 4) is 0 Å². The van der Waals surface area contributed by atoms with E-state index in [-0.39, 0.29) is 11.3 Å². The minimum Gasteiger partial charge on any atom is -0.478 e. The minimum atomic E-state index is -1.04. The van der Waals surface area contributed by atoms with Crippen LogP contribution in [0.25, 0.3) is 0 Å². The summed E-state index contributed by atoms with van der Waals surface area (Å²) in [7, 11) is 0. The third-order valence-corrected chi connectivity index (χ3v) is 2.50. The van der Waals surface area contributed by atoms with Gasteiger partial charge in [0.15, 0.2) is 0 Å². The van der Waals surface area contributed by atoms with Gasteiger partial charge in [0.2, 0.25) is 0 Å². The SMILES string of the molecule is N=C(c1ccc(C(=O)O)cn1)c1ccccc1N. The molecule has 0 bridgehead atoms. The summed E-state index contributed by atoms with van der Waals surface area (Å²) in [6, 6.07) is 9.91. The lowest BCUT2D eigenvalue weighted by Crippen LogP contribution is -2.08. The number of hydrogen-bond donors (Lipinski definition) is 3. The van der Waals surface area contributed by atoms with E-state index in [1.165, 1.54) is 18.3 Å². The normalized spacial score (nSPS) is 10.0. The molecule has 2 rings (SSSR count). The highest BCUT2D eigenvalue weighted by Crippen LogP contribution is 2.15. The zero-order valence-electron chi connectivity index (χ0n) is 9.42. The number of hydrogen-bond acceptors (Lipinski definition) is 4. The summed E-state index contributed by atoms with van der Waals surface area (Å²) in [6.45, 7) is 0. The van der Waals surface area contributed by atoms with E-state index in [9.17, 15) is 4.79 Å². The summed E-state index contributed by atoms with van der Waals surface area (Å²) in [5.41, 5.74) is 7.49. The van der Waals surface area contributed by atoms with Crippen LogP contribution in [0.2, 0.25) is 0 Å². The van der Waals surface area contributed by atoms with E-state index in [2.05, 4.69) is 4.98 Å². The second kappa shape index (κ2) is 4.67. The molecule has 5 nitrogen and oxygen atoms in total. The highest BCUT2D eigenvalue weighted by molar-refractivity contribution is 6.12. The van der Waals surface area contributed by atoms with Crippen molar-refractivity contribution in [2.24, 2.45) is 0 Å². The molecule has 0 aliphatic carbocycles. The zero-order valence-corrected chi connectivity index (χ0v) is 9.42. The Labute approximate surface area is 103 Å². The number of carboxylic acids is 1. The van der Waals surface area contributed by atoms with Gasteiger partial charge in [-0.05, 0) is 18.2 Å². The number of pyridine rings is 1. The van der Waals surface area contributed by atoms with Crippen LogP contribution in [0.5, 0.6) is 0 Å². The average Bonchev–Trinajstić information content (AvgIpc) is 2.38. The Balaban J connectivity index is 2.35. The summed E-state index contributed by atoms with van der Waals surface area (Å²) < 4.78 is 0. The van der Waals surface area contributed by atoms with Gasteiger partial charge in [0.05, 0.1) is 17.0 Å². The van der Waals surface area contributed by atoms with Gasteiger partial charge in [0.25, 0.3) is 0 Å². The molecule has 1 aromatic heterocycles. The molecule has 4 N–H and O–H groups in total. The van der Waals surface area contributed by atoms with Crippen molar-refractivity contribution in [2.45, 2.75) is 0 Å². The lowest BCUT2D eigenvalue weighted by atomic mass is 10.0. The van der Waals surface area contributed by atoms with Crippen molar-refractivity contribution < 1.29 is 9.90 Å². The van der Waals surface area contributed by atoms with Crippen LogP contribution < -0.4 is 5.73 Å².